The number of hydrogen-bond acceptors (Lipinski definition) is 1. The van der Waals surface area contributed by atoms with Gasteiger partial charge in [-0.25, -0.2) is 0 Å². The first kappa shape index (κ1) is 5.34. The zero-order valence-corrected chi connectivity index (χ0v) is 6.10. The van der Waals surface area contributed by atoms with Crippen molar-refractivity contribution in [2.75, 3.05) is 0 Å². The van der Waals surface area contributed by atoms with Crippen LogP contribution in [0.2, 0.25) is 0 Å². The molecule has 0 radical (unpaired) electrons. The standard InChI is InChI=1S/C9H12O/c10-8-6-2-1-3-7(6)9(8)4-5-9/h6-7H,1-5H2. The fourth-order valence-electron chi connectivity index (χ4n) is 3.14. The van der Waals surface area contributed by atoms with E-state index in [0.29, 0.717) is 17.1 Å². The third kappa shape index (κ3) is 0.363. The number of fused-ring (bicyclic) bond motifs is 2. The molecular weight excluding hydrogens is 124 g/mol. The second-order valence-electron chi connectivity index (χ2n) is 4.16. The van der Waals surface area contributed by atoms with Gasteiger partial charge in [-0.3, -0.25) is 4.79 Å². The number of ketones is 1. The smallest absolute Gasteiger partial charge is 0.142 e. The van der Waals surface area contributed by atoms with E-state index < -0.39 is 0 Å². The van der Waals surface area contributed by atoms with Gasteiger partial charge in [0.15, 0.2) is 0 Å². The van der Waals surface area contributed by atoms with Gasteiger partial charge in [0.2, 0.25) is 0 Å². The molecule has 3 saturated carbocycles. The predicted octanol–water partition coefficient (Wildman–Crippen LogP) is 1.77. The van der Waals surface area contributed by atoms with E-state index in [-0.39, 0.29) is 0 Å². The van der Waals surface area contributed by atoms with E-state index >= 15 is 0 Å². The Labute approximate surface area is 60.8 Å². The minimum Gasteiger partial charge on any atom is -0.299 e. The molecule has 3 aliphatic rings. The number of Topliss-reactive ketones (excluding diaryl/α,β-unsaturated/α-hetero) is 1. The summed E-state index contributed by atoms with van der Waals surface area (Å²) in [4.78, 5) is 11.4. The second kappa shape index (κ2) is 1.32. The monoisotopic (exact) mass is 136 g/mol. The molecule has 0 aliphatic heterocycles. The van der Waals surface area contributed by atoms with Crippen LogP contribution in [0.15, 0.2) is 0 Å². The first-order chi connectivity index (χ1) is 4.84. The predicted molar refractivity (Wildman–Crippen MR) is 37.5 cm³/mol. The van der Waals surface area contributed by atoms with Crippen LogP contribution >= 0.6 is 0 Å². The van der Waals surface area contributed by atoms with Gasteiger partial charge in [-0.15, -0.1) is 0 Å². The van der Waals surface area contributed by atoms with Crippen LogP contribution < -0.4 is 0 Å². The Balaban J connectivity index is 1.97. The first-order valence-electron chi connectivity index (χ1n) is 4.39. The summed E-state index contributed by atoms with van der Waals surface area (Å²) in [6, 6.07) is 0. The Morgan fingerprint density at radius 2 is 2.10 bits per heavy atom. The SMILES string of the molecule is O=C1C2CCCC2C12CC2. The molecule has 0 amide bonds. The molecule has 0 aromatic rings. The van der Waals surface area contributed by atoms with Crippen molar-refractivity contribution in [3.63, 3.8) is 0 Å². The number of carbonyl (C=O) groups is 1. The highest BCUT2D eigenvalue weighted by molar-refractivity contribution is 5.96. The topological polar surface area (TPSA) is 17.1 Å². The van der Waals surface area contributed by atoms with E-state index in [4.69, 9.17) is 0 Å². The maximum atomic E-state index is 11.4. The number of rotatable bonds is 0. The summed E-state index contributed by atoms with van der Waals surface area (Å²) < 4.78 is 0. The molecule has 3 rings (SSSR count). The Bertz CT molecular complexity index is 203. The molecule has 1 nitrogen and oxygen atoms in total. The molecule has 0 aromatic carbocycles. The first-order valence-corrected chi connectivity index (χ1v) is 4.39. The summed E-state index contributed by atoms with van der Waals surface area (Å²) in [5, 5.41) is 0. The fourth-order valence-corrected chi connectivity index (χ4v) is 3.14. The quantitative estimate of drug-likeness (QED) is 0.496. The summed E-state index contributed by atoms with van der Waals surface area (Å²) in [6.45, 7) is 0. The lowest BCUT2D eigenvalue weighted by molar-refractivity contribution is -0.143. The zero-order chi connectivity index (χ0) is 6.77. The maximum absolute atomic E-state index is 11.4. The molecule has 3 aliphatic carbocycles. The van der Waals surface area contributed by atoms with Crippen molar-refractivity contribution in [2.45, 2.75) is 32.1 Å². The average molecular weight is 136 g/mol. The lowest BCUT2D eigenvalue weighted by Gasteiger charge is -2.39. The van der Waals surface area contributed by atoms with Crippen molar-refractivity contribution < 1.29 is 4.79 Å². The van der Waals surface area contributed by atoms with E-state index in [1.54, 1.807) is 0 Å². The molecule has 0 aromatic heterocycles. The van der Waals surface area contributed by atoms with Gasteiger partial charge in [0.1, 0.15) is 5.78 Å². The van der Waals surface area contributed by atoms with Crippen LogP contribution in [0.3, 0.4) is 0 Å². The summed E-state index contributed by atoms with van der Waals surface area (Å²) in [6.07, 6.45) is 6.35. The third-order valence-electron chi connectivity index (χ3n) is 3.84. The molecular formula is C9H12O. The maximum Gasteiger partial charge on any atom is 0.142 e. The normalized spacial score (nSPS) is 47.0. The fraction of sp³-hybridized carbons (Fsp3) is 0.889. The highest BCUT2D eigenvalue weighted by Crippen LogP contribution is 2.69. The van der Waals surface area contributed by atoms with E-state index in [0.717, 1.165) is 5.92 Å². The molecule has 10 heavy (non-hydrogen) atoms. The largest absolute Gasteiger partial charge is 0.299 e. The average Bonchev–Trinajstić information content (AvgIpc) is 2.66. The molecule has 0 saturated heterocycles. The van der Waals surface area contributed by atoms with Crippen molar-refractivity contribution in [2.24, 2.45) is 17.3 Å². The van der Waals surface area contributed by atoms with Crippen molar-refractivity contribution in [1.29, 1.82) is 0 Å². The van der Waals surface area contributed by atoms with E-state index in [2.05, 4.69) is 0 Å². The van der Waals surface area contributed by atoms with E-state index in [1.807, 2.05) is 0 Å². The van der Waals surface area contributed by atoms with Gasteiger partial charge < -0.3 is 0 Å². The molecule has 3 fully saturated rings. The Hall–Kier alpha value is -0.330. The Kier molecular flexibility index (Phi) is 0.704. The minimum atomic E-state index is 0.293. The molecule has 1 heteroatoms. The molecule has 1 spiro atoms. The molecule has 0 bridgehead atoms. The van der Waals surface area contributed by atoms with Crippen LogP contribution in [-0.4, -0.2) is 5.78 Å². The lowest BCUT2D eigenvalue weighted by atomic mass is 9.62. The van der Waals surface area contributed by atoms with Crippen molar-refractivity contribution >= 4 is 5.78 Å². The van der Waals surface area contributed by atoms with E-state index in [1.165, 1.54) is 32.1 Å². The summed E-state index contributed by atoms with van der Waals surface area (Å²) in [7, 11) is 0. The second-order valence-corrected chi connectivity index (χ2v) is 4.16. The Morgan fingerprint density at radius 1 is 1.30 bits per heavy atom. The summed E-state index contributed by atoms with van der Waals surface area (Å²) in [5.74, 6) is 2.01. The molecule has 54 valence electrons. The van der Waals surface area contributed by atoms with Crippen LogP contribution in [-0.2, 0) is 4.79 Å². The van der Waals surface area contributed by atoms with Gasteiger partial charge in [-0.1, -0.05) is 6.42 Å². The van der Waals surface area contributed by atoms with Crippen LogP contribution in [0.25, 0.3) is 0 Å². The summed E-state index contributed by atoms with van der Waals surface area (Å²) >= 11 is 0. The van der Waals surface area contributed by atoms with Gasteiger partial charge in [0.25, 0.3) is 0 Å². The van der Waals surface area contributed by atoms with Crippen LogP contribution in [0.5, 0.6) is 0 Å². The Morgan fingerprint density at radius 3 is 2.80 bits per heavy atom. The van der Waals surface area contributed by atoms with Crippen molar-refractivity contribution in [3.8, 4) is 0 Å². The third-order valence-corrected chi connectivity index (χ3v) is 3.84. The lowest BCUT2D eigenvalue weighted by Crippen LogP contribution is -2.46. The highest BCUT2D eigenvalue weighted by Gasteiger charge is 2.68. The molecule has 0 heterocycles. The molecule has 0 N–H and O–H groups in total. The highest BCUT2D eigenvalue weighted by atomic mass is 16.1. The zero-order valence-electron chi connectivity index (χ0n) is 6.10. The number of carbonyl (C=O) groups excluding carboxylic acids is 1. The van der Waals surface area contributed by atoms with E-state index in [9.17, 15) is 4.79 Å². The minimum absolute atomic E-state index is 0.293. The molecule has 2 atom stereocenters. The van der Waals surface area contributed by atoms with Gasteiger partial charge in [-0.05, 0) is 31.6 Å². The van der Waals surface area contributed by atoms with Gasteiger partial charge in [0.05, 0.1) is 0 Å². The van der Waals surface area contributed by atoms with Crippen LogP contribution in [0.1, 0.15) is 32.1 Å². The van der Waals surface area contributed by atoms with Gasteiger partial charge in [0, 0.05) is 11.3 Å². The van der Waals surface area contributed by atoms with Crippen molar-refractivity contribution in [1.82, 2.24) is 0 Å². The van der Waals surface area contributed by atoms with Gasteiger partial charge in [-0.2, -0.15) is 0 Å². The van der Waals surface area contributed by atoms with Crippen molar-refractivity contribution in [3.05, 3.63) is 0 Å². The van der Waals surface area contributed by atoms with Crippen LogP contribution in [0, 0.1) is 17.3 Å². The van der Waals surface area contributed by atoms with Crippen LogP contribution in [0.4, 0.5) is 0 Å². The summed E-state index contributed by atoms with van der Waals surface area (Å²) in [5.41, 5.74) is 0.293. The van der Waals surface area contributed by atoms with Gasteiger partial charge >= 0.3 is 0 Å². The molecule has 2 unspecified atom stereocenters. The number of hydrogen-bond donors (Lipinski definition) is 0.